The zero-order valence-corrected chi connectivity index (χ0v) is 10.2. The number of rotatable bonds is 3. The van der Waals surface area contributed by atoms with E-state index in [9.17, 15) is 4.79 Å². The lowest BCUT2D eigenvalue weighted by molar-refractivity contribution is 0.102. The second-order valence-corrected chi connectivity index (χ2v) is 4.23. The third-order valence-electron chi connectivity index (χ3n) is 3.01. The fourth-order valence-electron chi connectivity index (χ4n) is 1.99. The summed E-state index contributed by atoms with van der Waals surface area (Å²) in [5.41, 5.74) is 2.76. The van der Waals surface area contributed by atoms with Gasteiger partial charge in [0.2, 0.25) is 0 Å². The van der Waals surface area contributed by atoms with Gasteiger partial charge >= 0.3 is 0 Å². The maximum Gasteiger partial charge on any atom is 0.191 e. The largest absolute Gasteiger partial charge is 0.382 e. The van der Waals surface area contributed by atoms with Crippen LogP contribution in [0.5, 0.6) is 0 Å². The normalized spacial score (nSPS) is 19.1. The number of hydrogen-bond donors (Lipinski definition) is 1. The molecule has 88 valence electrons. The highest BCUT2D eigenvalue weighted by Crippen LogP contribution is 2.17. The minimum atomic E-state index is 0.0858. The Kier molecular flexibility index (Phi) is 3.43. The van der Waals surface area contributed by atoms with Gasteiger partial charge in [0.1, 0.15) is 0 Å². The van der Waals surface area contributed by atoms with Gasteiger partial charge in [-0.1, -0.05) is 43.3 Å². The van der Waals surface area contributed by atoms with E-state index in [1.807, 2.05) is 49.4 Å². The molecule has 1 aliphatic rings. The summed E-state index contributed by atoms with van der Waals surface area (Å²) < 4.78 is 0. The number of allylic oxidation sites excluding steroid dienone is 3. The number of Topliss-reactive ketones (excluding diaryl/α,β-unsaturated/α-hetero) is 1. The van der Waals surface area contributed by atoms with Crippen LogP contribution < -0.4 is 5.32 Å². The van der Waals surface area contributed by atoms with Crippen molar-refractivity contribution in [2.24, 2.45) is 0 Å². The monoisotopic (exact) mass is 227 g/mol. The van der Waals surface area contributed by atoms with Crippen molar-refractivity contribution in [2.45, 2.75) is 26.3 Å². The van der Waals surface area contributed by atoms with Crippen molar-refractivity contribution in [3.05, 3.63) is 59.3 Å². The molecule has 0 aliphatic carbocycles. The molecule has 0 saturated heterocycles. The Bertz CT molecular complexity index is 471. The van der Waals surface area contributed by atoms with Crippen molar-refractivity contribution in [3.63, 3.8) is 0 Å². The van der Waals surface area contributed by atoms with Gasteiger partial charge < -0.3 is 5.32 Å². The Morgan fingerprint density at radius 1 is 1.24 bits per heavy atom. The first-order chi connectivity index (χ1) is 8.22. The van der Waals surface area contributed by atoms with Crippen molar-refractivity contribution >= 4 is 5.78 Å². The van der Waals surface area contributed by atoms with E-state index in [-0.39, 0.29) is 11.8 Å². The molecule has 0 bridgehead atoms. The molecule has 1 N–H and O–H groups in total. The van der Waals surface area contributed by atoms with Crippen LogP contribution >= 0.6 is 0 Å². The first kappa shape index (κ1) is 11.6. The molecule has 0 aromatic heterocycles. The molecule has 0 fully saturated rings. The maximum atomic E-state index is 12.3. The highest BCUT2D eigenvalue weighted by molar-refractivity contribution is 6.09. The van der Waals surface area contributed by atoms with E-state index < -0.39 is 0 Å². The molecule has 1 atom stereocenters. The molecule has 2 heteroatoms. The fourth-order valence-corrected chi connectivity index (χ4v) is 1.99. The molecule has 0 spiro atoms. The summed E-state index contributed by atoms with van der Waals surface area (Å²) in [4.78, 5) is 12.3. The topological polar surface area (TPSA) is 29.1 Å². The zero-order chi connectivity index (χ0) is 12.3. The summed E-state index contributed by atoms with van der Waals surface area (Å²) in [5.74, 6) is 0.108. The van der Waals surface area contributed by atoms with Gasteiger partial charge in [-0.15, -0.1) is 0 Å². The van der Waals surface area contributed by atoms with E-state index >= 15 is 0 Å². The summed E-state index contributed by atoms with van der Waals surface area (Å²) in [7, 11) is 0. The molecule has 2 nitrogen and oxygen atoms in total. The molecule has 0 amide bonds. The molecular weight excluding hydrogens is 210 g/mol. The van der Waals surface area contributed by atoms with Crippen LogP contribution in [0.15, 0.2) is 53.8 Å². The van der Waals surface area contributed by atoms with E-state index in [1.54, 1.807) is 0 Å². The molecule has 1 aromatic carbocycles. The van der Waals surface area contributed by atoms with Gasteiger partial charge in [-0.2, -0.15) is 0 Å². The van der Waals surface area contributed by atoms with E-state index in [0.29, 0.717) is 0 Å². The average Bonchev–Trinajstić information content (AvgIpc) is 2.39. The minimum absolute atomic E-state index is 0.0858. The van der Waals surface area contributed by atoms with Crippen molar-refractivity contribution in [3.8, 4) is 0 Å². The van der Waals surface area contributed by atoms with E-state index in [2.05, 4.69) is 12.2 Å². The number of benzene rings is 1. The highest BCUT2D eigenvalue weighted by Gasteiger charge is 2.20. The summed E-state index contributed by atoms with van der Waals surface area (Å²) in [5, 5.41) is 3.34. The van der Waals surface area contributed by atoms with Crippen molar-refractivity contribution in [1.29, 1.82) is 0 Å². The molecule has 1 unspecified atom stereocenters. The summed E-state index contributed by atoms with van der Waals surface area (Å²) in [6, 6.07) is 9.50. The van der Waals surface area contributed by atoms with Gasteiger partial charge in [-0.3, -0.25) is 4.79 Å². The van der Waals surface area contributed by atoms with Gasteiger partial charge in [-0.25, -0.2) is 0 Å². The molecule has 17 heavy (non-hydrogen) atoms. The van der Waals surface area contributed by atoms with Crippen LogP contribution in [0.1, 0.15) is 30.6 Å². The predicted octanol–water partition coefficient (Wildman–Crippen LogP) is 3.08. The third kappa shape index (κ3) is 2.47. The third-order valence-corrected chi connectivity index (χ3v) is 3.01. The zero-order valence-electron chi connectivity index (χ0n) is 10.2. The Labute approximate surface area is 102 Å². The fraction of sp³-hybridized carbons (Fsp3) is 0.267. The Morgan fingerprint density at radius 3 is 2.53 bits per heavy atom. The van der Waals surface area contributed by atoms with Crippen LogP contribution in [-0.4, -0.2) is 11.8 Å². The summed E-state index contributed by atoms with van der Waals surface area (Å²) in [6.07, 6.45) is 4.90. The number of carbonyl (C=O) groups is 1. The quantitative estimate of drug-likeness (QED) is 0.804. The van der Waals surface area contributed by atoms with Crippen LogP contribution in [0.2, 0.25) is 0 Å². The average molecular weight is 227 g/mol. The molecule has 1 aromatic rings. The van der Waals surface area contributed by atoms with Crippen LogP contribution in [-0.2, 0) is 0 Å². The minimum Gasteiger partial charge on any atom is -0.382 e. The van der Waals surface area contributed by atoms with Gasteiger partial charge in [0.15, 0.2) is 5.78 Å². The molecule has 0 saturated carbocycles. The number of ketones is 1. The lowest BCUT2D eigenvalue weighted by atomic mass is 9.95. The molecule has 1 aliphatic heterocycles. The van der Waals surface area contributed by atoms with Gasteiger partial charge in [-0.05, 0) is 19.4 Å². The number of dihydropyridines is 1. The number of carbonyl (C=O) groups excluding carboxylic acids is 1. The summed E-state index contributed by atoms with van der Waals surface area (Å²) in [6.45, 7) is 4.12. The Morgan fingerprint density at radius 2 is 1.94 bits per heavy atom. The van der Waals surface area contributed by atoms with Crippen LogP contribution in [0, 0.1) is 0 Å². The van der Waals surface area contributed by atoms with Gasteiger partial charge in [0.25, 0.3) is 0 Å². The van der Waals surface area contributed by atoms with Crippen molar-refractivity contribution < 1.29 is 4.79 Å². The van der Waals surface area contributed by atoms with Crippen molar-refractivity contribution in [1.82, 2.24) is 5.32 Å². The smallest absolute Gasteiger partial charge is 0.191 e. The molecule has 2 rings (SSSR count). The Balaban J connectivity index is 2.27. The SMILES string of the molecule is CCC1=CC=C(C(=O)c2ccccc2)C(C)N1. The second kappa shape index (κ2) is 5.00. The van der Waals surface area contributed by atoms with Crippen LogP contribution in [0.25, 0.3) is 0 Å². The van der Waals surface area contributed by atoms with E-state index in [0.717, 1.165) is 17.6 Å². The molecule has 1 heterocycles. The molecule has 0 radical (unpaired) electrons. The Hall–Kier alpha value is -1.83. The second-order valence-electron chi connectivity index (χ2n) is 4.23. The number of nitrogens with one attached hydrogen (secondary N) is 1. The lowest BCUT2D eigenvalue weighted by Gasteiger charge is -2.23. The standard InChI is InChI=1S/C15H17NO/c1-3-13-9-10-14(11(2)16-13)15(17)12-7-5-4-6-8-12/h4-11,16H,3H2,1-2H3. The first-order valence-corrected chi connectivity index (χ1v) is 5.99. The van der Waals surface area contributed by atoms with Crippen LogP contribution in [0.4, 0.5) is 0 Å². The first-order valence-electron chi connectivity index (χ1n) is 5.99. The van der Waals surface area contributed by atoms with E-state index in [4.69, 9.17) is 0 Å². The van der Waals surface area contributed by atoms with Gasteiger partial charge in [0.05, 0.1) is 6.04 Å². The summed E-state index contributed by atoms with van der Waals surface area (Å²) >= 11 is 0. The highest BCUT2D eigenvalue weighted by atomic mass is 16.1. The van der Waals surface area contributed by atoms with Crippen molar-refractivity contribution in [2.75, 3.05) is 0 Å². The number of hydrogen-bond acceptors (Lipinski definition) is 2. The maximum absolute atomic E-state index is 12.3. The van der Waals surface area contributed by atoms with Gasteiger partial charge in [0, 0.05) is 16.8 Å². The van der Waals surface area contributed by atoms with Crippen LogP contribution in [0.3, 0.4) is 0 Å². The van der Waals surface area contributed by atoms with E-state index in [1.165, 1.54) is 5.70 Å². The lowest BCUT2D eigenvalue weighted by Crippen LogP contribution is -2.32. The predicted molar refractivity (Wildman–Crippen MR) is 69.8 cm³/mol. The molecular formula is C15H17NO.